The molecule has 0 saturated heterocycles. The summed E-state index contributed by atoms with van der Waals surface area (Å²) in [6.07, 6.45) is 6.45. The summed E-state index contributed by atoms with van der Waals surface area (Å²) in [6.45, 7) is 3.73. The second kappa shape index (κ2) is 6.96. The summed E-state index contributed by atoms with van der Waals surface area (Å²) in [6, 6.07) is 10.3. The number of fused-ring (bicyclic) bond motifs is 2. The van der Waals surface area contributed by atoms with Gasteiger partial charge in [0.25, 0.3) is 0 Å². The lowest BCUT2D eigenvalue weighted by Crippen LogP contribution is -2.48. The van der Waals surface area contributed by atoms with Gasteiger partial charge in [0.1, 0.15) is 23.0 Å². The van der Waals surface area contributed by atoms with Crippen LogP contribution in [0.25, 0.3) is 17.0 Å². The lowest BCUT2D eigenvalue weighted by atomic mass is 9.90. The van der Waals surface area contributed by atoms with E-state index in [4.69, 9.17) is 13.9 Å². The van der Waals surface area contributed by atoms with Crippen molar-refractivity contribution in [1.82, 2.24) is 4.98 Å². The third-order valence-corrected chi connectivity index (χ3v) is 4.73. The molecule has 0 saturated carbocycles. The smallest absolute Gasteiger partial charge is 0.336 e. The summed E-state index contributed by atoms with van der Waals surface area (Å²) in [7, 11) is 0. The van der Waals surface area contributed by atoms with Crippen molar-refractivity contribution in [1.29, 1.82) is 0 Å². The first-order valence-electron chi connectivity index (χ1n) is 8.95. The average Bonchev–Trinajstić information content (AvgIpc) is 2.66. The molecule has 6 nitrogen and oxygen atoms in total. The van der Waals surface area contributed by atoms with Gasteiger partial charge in [0.2, 0.25) is 0 Å². The number of ether oxygens (including phenoxy) is 2. The van der Waals surface area contributed by atoms with Gasteiger partial charge in [0, 0.05) is 42.4 Å². The van der Waals surface area contributed by atoms with Crippen LogP contribution < -0.4 is 10.4 Å². The molecule has 3 aromatic rings. The zero-order chi connectivity index (χ0) is 19.7. The SMILES string of the molecule is CC1(C)Oc2cc3oc(=O)ccc3cc2C[C@@H]1OC(=O)/C=C/c1ccncc1. The van der Waals surface area contributed by atoms with Gasteiger partial charge in [-0.1, -0.05) is 0 Å². The van der Waals surface area contributed by atoms with Gasteiger partial charge >= 0.3 is 11.6 Å². The molecule has 0 spiro atoms. The molecule has 0 N–H and O–H groups in total. The molecule has 3 heterocycles. The molecule has 28 heavy (non-hydrogen) atoms. The first kappa shape index (κ1) is 18.0. The Hall–Kier alpha value is -3.41. The van der Waals surface area contributed by atoms with Crippen LogP contribution in [0.4, 0.5) is 0 Å². The maximum Gasteiger partial charge on any atom is 0.336 e. The molecular weight excluding hydrogens is 358 g/mol. The number of aromatic nitrogens is 1. The Kier molecular flexibility index (Phi) is 4.47. The largest absolute Gasteiger partial charge is 0.484 e. The molecule has 142 valence electrons. The van der Waals surface area contributed by atoms with Crippen molar-refractivity contribution in [3.63, 3.8) is 0 Å². The van der Waals surface area contributed by atoms with E-state index in [2.05, 4.69) is 4.98 Å². The summed E-state index contributed by atoms with van der Waals surface area (Å²) in [5.41, 5.74) is 1.10. The predicted molar refractivity (Wildman–Crippen MR) is 104 cm³/mol. The van der Waals surface area contributed by atoms with E-state index in [0.29, 0.717) is 17.8 Å². The van der Waals surface area contributed by atoms with Crippen LogP contribution in [0.5, 0.6) is 5.75 Å². The molecule has 6 heteroatoms. The number of carbonyl (C=O) groups is 1. The summed E-state index contributed by atoms with van der Waals surface area (Å²) < 4.78 is 17.0. The molecule has 0 aliphatic carbocycles. The second-order valence-electron chi connectivity index (χ2n) is 7.20. The van der Waals surface area contributed by atoms with Crippen LogP contribution in [0.1, 0.15) is 25.0 Å². The van der Waals surface area contributed by atoms with Crippen LogP contribution in [0.2, 0.25) is 0 Å². The molecule has 1 aromatic carbocycles. The minimum Gasteiger partial charge on any atom is -0.484 e. The number of nitrogens with zero attached hydrogens (tertiary/aromatic N) is 1. The Bertz CT molecular complexity index is 1110. The van der Waals surface area contributed by atoms with E-state index >= 15 is 0 Å². The van der Waals surface area contributed by atoms with E-state index in [9.17, 15) is 9.59 Å². The van der Waals surface area contributed by atoms with Crippen LogP contribution in [-0.4, -0.2) is 22.7 Å². The fourth-order valence-electron chi connectivity index (χ4n) is 3.19. The number of carbonyl (C=O) groups excluding carboxylic acids is 1. The standard InChI is InChI=1S/C22H19NO5/c1-22(2)19(27-21(25)5-3-14-7-9-23-10-8-14)12-16-11-15-4-6-20(24)26-17(15)13-18(16)28-22/h3-11,13,19H,12H2,1-2H3/b5-3+/t19-/m0/s1. The van der Waals surface area contributed by atoms with Gasteiger partial charge in [-0.2, -0.15) is 0 Å². The van der Waals surface area contributed by atoms with Crippen molar-refractivity contribution in [3.8, 4) is 5.75 Å². The van der Waals surface area contributed by atoms with Crippen molar-refractivity contribution >= 4 is 23.0 Å². The van der Waals surface area contributed by atoms with Gasteiger partial charge in [-0.15, -0.1) is 0 Å². The molecule has 4 rings (SSSR count). The number of hydrogen-bond acceptors (Lipinski definition) is 6. The topological polar surface area (TPSA) is 78.6 Å². The Balaban J connectivity index is 1.56. The van der Waals surface area contributed by atoms with Crippen LogP contribution in [0.3, 0.4) is 0 Å². The van der Waals surface area contributed by atoms with E-state index in [1.807, 2.05) is 19.9 Å². The van der Waals surface area contributed by atoms with Crippen LogP contribution >= 0.6 is 0 Å². The molecule has 0 amide bonds. The highest BCUT2D eigenvalue weighted by Crippen LogP contribution is 2.37. The van der Waals surface area contributed by atoms with Crippen LogP contribution in [0, 0.1) is 0 Å². The van der Waals surface area contributed by atoms with Gasteiger partial charge in [0.05, 0.1) is 0 Å². The first-order valence-corrected chi connectivity index (χ1v) is 8.95. The molecule has 0 radical (unpaired) electrons. The quantitative estimate of drug-likeness (QED) is 0.395. The van der Waals surface area contributed by atoms with Gasteiger partial charge in [-0.3, -0.25) is 4.98 Å². The molecule has 0 fully saturated rings. The van der Waals surface area contributed by atoms with Gasteiger partial charge in [0.15, 0.2) is 0 Å². The number of benzene rings is 1. The highest BCUT2D eigenvalue weighted by atomic mass is 16.6. The number of rotatable bonds is 3. The fraction of sp³-hybridized carbons (Fsp3) is 0.227. The lowest BCUT2D eigenvalue weighted by molar-refractivity contribution is -0.155. The van der Waals surface area contributed by atoms with Crippen LogP contribution in [0.15, 0.2) is 64.1 Å². The van der Waals surface area contributed by atoms with Crippen molar-refractivity contribution in [3.05, 3.63) is 76.4 Å². The molecule has 1 atom stereocenters. The minimum absolute atomic E-state index is 0.407. The third-order valence-electron chi connectivity index (χ3n) is 4.73. The van der Waals surface area contributed by atoms with E-state index in [1.54, 1.807) is 42.7 Å². The van der Waals surface area contributed by atoms with Crippen molar-refractivity contribution in [2.24, 2.45) is 0 Å². The Morgan fingerprint density at radius 1 is 1.21 bits per heavy atom. The Morgan fingerprint density at radius 2 is 2.00 bits per heavy atom. The zero-order valence-corrected chi connectivity index (χ0v) is 15.5. The number of hydrogen-bond donors (Lipinski definition) is 0. The molecule has 0 bridgehead atoms. The van der Waals surface area contributed by atoms with E-state index in [-0.39, 0.29) is 0 Å². The number of pyridine rings is 1. The molecular formula is C22H19NO5. The Morgan fingerprint density at radius 3 is 2.79 bits per heavy atom. The fourth-order valence-corrected chi connectivity index (χ4v) is 3.19. The first-order chi connectivity index (χ1) is 13.4. The van der Waals surface area contributed by atoms with E-state index in [0.717, 1.165) is 16.5 Å². The Labute approximate surface area is 161 Å². The van der Waals surface area contributed by atoms with Crippen molar-refractivity contribution in [2.75, 3.05) is 0 Å². The predicted octanol–water partition coefficient (Wildman–Crippen LogP) is 3.53. The zero-order valence-electron chi connectivity index (χ0n) is 15.5. The van der Waals surface area contributed by atoms with E-state index in [1.165, 1.54) is 12.1 Å². The van der Waals surface area contributed by atoms with Crippen molar-refractivity contribution in [2.45, 2.75) is 32.0 Å². The van der Waals surface area contributed by atoms with Gasteiger partial charge in [-0.05, 0) is 55.3 Å². The average molecular weight is 377 g/mol. The highest BCUT2D eigenvalue weighted by molar-refractivity contribution is 5.87. The normalized spacial score (nSPS) is 17.9. The van der Waals surface area contributed by atoms with Crippen LogP contribution in [-0.2, 0) is 16.0 Å². The van der Waals surface area contributed by atoms with Gasteiger partial charge in [-0.25, -0.2) is 9.59 Å². The summed E-state index contributed by atoms with van der Waals surface area (Å²) >= 11 is 0. The molecule has 1 aliphatic rings. The highest BCUT2D eigenvalue weighted by Gasteiger charge is 2.39. The monoisotopic (exact) mass is 377 g/mol. The minimum atomic E-state index is -0.726. The summed E-state index contributed by atoms with van der Waals surface area (Å²) in [5, 5.41) is 0.796. The second-order valence-corrected chi connectivity index (χ2v) is 7.20. The number of esters is 1. The molecule has 0 unspecified atom stereocenters. The maximum atomic E-state index is 12.3. The maximum absolute atomic E-state index is 12.3. The summed E-state index contributed by atoms with van der Waals surface area (Å²) in [5.74, 6) is 0.195. The molecule has 2 aromatic heterocycles. The molecule has 1 aliphatic heterocycles. The summed E-state index contributed by atoms with van der Waals surface area (Å²) in [4.78, 5) is 27.7. The third kappa shape index (κ3) is 3.67. The van der Waals surface area contributed by atoms with Gasteiger partial charge < -0.3 is 13.9 Å². The van der Waals surface area contributed by atoms with E-state index < -0.39 is 23.3 Å². The lowest BCUT2D eigenvalue weighted by Gasteiger charge is -2.39. The van der Waals surface area contributed by atoms with Crippen molar-refractivity contribution < 1.29 is 18.7 Å².